The molecule has 0 aromatic carbocycles. The molecule has 0 atom stereocenters. The third-order valence-electron chi connectivity index (χ3n) is 0.498. The van der Waals surface area contributed by atoms with E-state index >= 15 is 0 Å². The van der Waals surface area contributed by atoms with Crippen molar-refractivity contribution < 1.29 is 68.0 Å². The zero-order chi connectivity index (χ0) is 5.86. The summed E-state index contributed by atoms with van der Waals surface area (Å²) in [5.41, 5.74) is 0. The average Bonchev–Trinajstić information content (AvgIpc) is 1.27. The number of ketones is 2. The predicted octanol–water partition coefficient (Wildman–Crippen LogP) is 0.547. The predicted molar refractivity (Wildman–Crippen MR) is 26.0 cm³/mol. The summed E-state index contributed by atoms with van der Waals surface area (Å²) < 4.78 is 0. The van der Waals surface area contributed by atoms with Crippen molar-refractivity contribution in [3.8, 4) is 0 Å². The standard InChI is InChI=1S/C5H8O2.3Zn/c1-4(6)3-5(2)7;;;/h3H2,1-2H3;;;. The molecule has 2 nitrogen and oxygen atoms in total. The molecule has 5 heteroatoms. The van der Waals surface area contributed by atoms with Crippen molar-refractivity contribution in [2.45, 2.75) is 20.3 Å². The van der Waals surface area contributed by atoms with Crippen molar-refractivity contribution in [2.24, 2.45) is 0 Å². The van der Waals surface area contributed by atoms with Gasteiger partial charge in [0.2, 0.25) is 0 Å². The molecule has 0 aromatic rings. The molecule has 0 heterocycles. The molecule has 0 aromatic heterocycles. The Hall–Kier alpha value is 1.21. The van der Waals surface area contributed by atoms with Crippen molar-refractivity contribution in [2.75, 3.05) is 0 Å². The van der Waals surface area contributed by atoms with Crippen molar-refractivity contribution in [1.82, 2.24) is 0 Å². The number of rotatable bonds is 2. The van der Waals surface area contributed by atoms with E-state index in [1.165, 1.54) is 13.8 Å². The molecule has 0 amide bonds. The van der Waals surface area contributed by atoms with Gasteiger partial charge in [0, 0.05) is 58.4 Å². The fraction of sp³-hybridized carbons (Fsp3) is 0.600. The Balaban J connectivity index is -0.0000000600. The molecule has 0 bridgehead atoms. The normalized spacial score (nSPS) is 5.80. The Morgan fingerprint density at radius 1 is 0.900 bits per heavy atom. The number of hydrogen-bond acceptors (Lipinski definition) is 2. The fourth-order valence-electron chi connectivity index (χ4n) is 0.351. The zero-order valence-corrected chi connectivity index (χ0v) is 15.5. The van der Waals surface area contributed by atoms with E-state index in [0.717, 1.165) is 0 Å². The van der Waals surface area contributed by atoms with Gasteiger partial charge in [-0.3, -0.25) is 9.59 Å². The molecule has 0 saturated heterocycles. The molecule has 0 radical (unpaired) electrons. The molecular formula is C5H8O2Zn3. The SMILES string of the molecule is CC(=O)CC(C)=O.[Zn].[Zn].[Zn]. The maximum atomic E-state index is 10.0. The molecule has 0 aliphatic carbocycles. The van der Waals surface area contributed by atoms with Crippen LogP contribution in [-0.2, 0) is 68.0 Å². The van der Waals surface area contributed by atoms with Gasteiger partial charge in [-0.25, -0.2) is 0 Å². The van der Waals surface area contributed by atoms with Crippen LogP contribution in [0.25, 0.3) is 0 Å². The van der Waals surface area contributed by atoms with E-state index in [-0.39, 0.29) is 76.4 Å². The van der Waals surface area contributed by atoms with Crippen LogP contribution >= 0.6 is 0 Å². The molecule has 0 rings (SSSR count). The van der Waals surface area contributed by atoms with Crippen LogP contribution in [-0.4, -0.2) is 11.6 Å². The number of carbonyl (C=O) groups excluding carboxylic acids is 2. The second kappa shape index (κ2) is 12.8. The number of carbonyl (C=O) groups is 2. The molecule has 0 aliphatic rings. The molecule has 0 aliphatic heterocycles. The largest absolute Gasteiger partial charge is 0.300 e. The molecule has 0 spiro atoms. The number of Topliss-reactive ketones (excluding diaryl/α,β-unsaturated/α-hetero) is 2. The Kier molecular flexibility index (Phi) is 28.9. The summed E-state index contributed by atoms with van der Waals surface area (Å²) in [6.07, 6.45) is 0.0833. The Labute approximate surface area is 99.2 Å². The minimum atomic E-state index is -0.0625. The van der Waals surface area contributed by atoms with E-state index in [4.69, 9.17) is 0 Å². The second-order valence-corrected chi connectivity index (χ2v) is 1.58. The van der Waals surface area contributed by atoms with Crippen LogP contribution < -0.4 is 0 Å². The minimum Gasteiger partial charge on any atom is -0.300 e. The van der Waals surface area contributed by atoms with E-state index in [2.05, 4.69) is 0 Å². The van der Waals surface area contributed by atoms with Crippen LogP contribution in [0.2, 0.25) is 0 Å². The van der Waals surface area contributed by atoms with Gasteiger partial charge in [0.25, 0.3) is 0 Å². The first-order chi connectivity index (χ1) is 3.13. The van der Waals surface area contributed by atoms with E-state index < -0.39 is 0 Å². The van der Waals surface area contributed by atoms with Crippen LogP contribution in [0.5, 0.6) is 0 Å². The summed E-state index contributed by atoms with van der Waals surface area (Å²) in [5, 5.41) is 0. The number of hydrogen-bond donors (Lipinski definition) is 0. The topological polar surface area (TPSA) is 34.1 Å². The third-order valence-corrected chi connectivity index (χ3v) is 0.498. The first-order valence-electron chi connectivity index (χ1n) is 2.12. The van der Waals surface area contributed by atoms with Crippen molar-refractivity contribution in [3.63, 3.8) is 0 Å². The molecule has 0 unspecified atom stereocenters. The van der Waals surface area contributed by atoms with Gasteiger partial charge >= 0.3 is 0 Å². The van der Waals surface area contributed by atoms with E-state index in [0.29, 0.717) is 0 Å². The van der Waals surface area contributed by atoms with Gasteiger partial charge < -0.3 is 0 Å². The van der Waals surface area contributed by atoms with Crippen molar-refractivity contribution in [1.29, 1.82) is 0 Å². The first-order valence-corrected chi connectivity index (χ1v) is 2.12. The molecule has 0 saturated carbocycles. The molecule has 10 heavy (non-hydrogen) atoms. The summed E-state index contributed by atoms with van der Waals surface area (Å²) in [7, 11) is 0. The Bertz CT molecular complexity index is 91.1. The monoisotopic (exact) mass is 292 g/mol. The van der Waals surface area contributed by atoms with Gasteiger partial charge in [-0.05, 0) is 13.8 Å². The fourth-order valence-corrected chi connectivity index (χ4v) is 0.351. The maximum absolute atomic E-state index is 10.0. The van der Waals surface area contributed by atoms with Crippen molar-refractivity contribution >= 4 is 11.6 Å². The third kappa shape index (κ3) is 22.9. The van der Waals surface area contributed by atoms with Gasteiger partial charge in [0.15, 0.2) is 0 Å². The first kappa shape index (κ1) is 22.5. The minimum absolute atomic E-state index is 0. The summed E-state index contributed by atoms with van der Waals surface area (Å²) in [5.74, 6) is -0.125. The van der Waals surface area contributed by atoms with Gasteiger partial charge in [-0.1, -0.05) is 0 Å². The average molecular weight is 296 g/mol. The molecule has 46 valence electrons. The van der Waals surface area contributed by atoms with Crippen LogP contribution in [0.15, 0.2) is 0 Å². The summed E-state index contributed by atoms with van der Waals surface area (Å²) in [4.78, 5) is 20.1. The smallest absolute Gasteiger partial charge is 0.137 e. The molecular weight excluding hydrogens is 288 g/mol. The van der Waals surface area contributed by atoms with Crippen LogP contribution in [0.3, 0.4) is 0 Å². The zero-order valence-electron chi connectivity index (χ0n) is 6.64. The van der Waals surface area contributed by atoms with Gasteiger partial charge in [-0.15, -0.1) is 0 Å². The maximum Gasteiger partial charge on any atom is 0.137 e. The summed E-state index contributed by atoms with van der Waals surface area (Å²) >= 11 is 0. The Morgan fingerprint density at radius 2 is 1.10 bits per heavy atom. The second-order valence-electron chi connectivity index (χ2n) is 1.58. The van der Waals surface area contributed by atoms with E-state index in [1.54, 1.807) is 0 Å². The summed E-state index contributed by atoms with van der Waals surface area (Å²) in [6.45, 7) is 2.81. The van der Waals surface area contributed by atoms with Gasteiger partial charge in [-0.2, -0.15) is 0 Å². The summed E-state index contributed by atoms with van der Waals surface area (Å²) in [6, 6.07) is 0. The molecule has 0 fully saturated rings. The quantitative estimate of drug-likeness (QED) is 0.551. The Morgan fingerprint density at radius 3 is 1.10 bits per heavy atom. The molecule has 0 N–H and O–H groups in total. The van der Waals surface area contributed by atoms with Crippen LogP contribution in [0.1, 0.15) is 20.3 Å². The van der Waals surface area contributed by atoms with Crippen molar-refractivity contribution in [3.05, 3.63) is 0 Å². The van der Waals surface area contributed by atoms with E-state index in [9.17, 15) is 9.59 Å². The van der Waals surface area contributed by atoms with Crippen LogP contribution in [0, 0.1) is 0 Å². The van der Waals surface area contributed by atoms with Gasteiger partial charge in [0.1, 0.15) is 11.6 Å². The van der Waals surface area contributed by atoms with Crippen LogP contribution in [0.4, 0.5) is 0 Å². The van der Waals surface area contributed by atoms with E-state index in [1.807, 2.05) is 0 Å². The van der Waals surface area contributed by atoms with Gasteiger partial charge in [0.05, 0.1) is 6.42 Å².